The van der Waals surface area contributed by atoms with Gasteiger partial charge in [-0.05, 0) is 18.2 Å². The van der Waals surface area contributed by atoms with Gasteiger partial charge in [0.15, 0.2) is 0 Å². The molecule has 0 saturated carbocycles. The van der Waals surface area contributed by atoms with Gasteiger partial charge in [0, 0.05) is 11.6 Å². The van der Waals surface area contributed by atoms with E-state index in [1.165, 1.54) is 0 Å². The molecular weight excluding hydrogens is 222 g/mol. The molecular formula is C12H8ClN3. The largest absolute Gasteiger partial charge is 0.262 e. The third kappa shape index (κ3) is 1.37. The van der Waals surface area contributed by atoms with Crippen LogP contribution in [0.5, 0.6) is 0 Å². The zero-order valence-corrected chi connectivity index (χ0v) is 9.09. The molecule has 0 radical (unpaired) electrons. The fourth-order valence-electron chi connectivity index (χ4n) is 1.71. The minimum atomic E-state index is 0.693. The van der Waals surface area contributed by atoms with E-state index < -0.39 is 0 Å². The second-order valence-electron chi connectivity index (χ2n) is 3.45. The summed E-state index contributed by atoms with van der Waals surface area (Å²) in [4.78, 5) is 4.07. The van der Waals surface area contributed by atoms with Gasteiger partial charge in [-0.1, -0.05) is 23.7 Å². The highest BCUT2D eigenvalue weighted by atomic mass is 35.5. The molecule has 4 heteroatoms. The number of hydrogen-bond donors (Lipinski definition) is 0. The topological polar surface area (TPSA) is 30.7 Å². The summed E-state index contributed by atoms with van der Waals surface area (Å²) in [6.45, 7) is 0. The third-order valence-electron chi connectivity index (χ3n) is 2.43. The number of fused-ring (bicyclic) bond motifs is 1. The quantitative estimate of drug-likeness (QED) is 0.642. The van der Waals surface area contributed by atoms with E-state index in [0.29, 0.717) is 5.02 Å². The van der Waals surface area contributed by atoms with E-state index in [1.807, 2.05) is 30.3 Å². The summed E-state index contributed by atoms with van der Waals surface area (Å²) in [7, 11) is 0. The molecule has 0 aliphatic carbocycles. The van der Waals surface area contributed by atoms with Crippen molar-refractivity contribution in [2.24, 2.45) is 0 Å². The van der Waals surface area contributed by atoms with Gasteiger partial charge in [0.1, 0.15) is 0 Å². The molecule has 0 bridgehead atoms. The lowest BCUT2D eigenvalue weighted by Crippen LogP contribution is -1.96. The summed E-state index contributed by atoms with van der Waals surface area (Å²) >= 11 is 6.17. The van der Waals surface area contributed by atoms with Crippen LogP contribution in [-0.4, -0.2) is 14.8 Å². The van der Waals surface area contributed by atoms with Gasteiger partial charge in [-0.15, -0.1) is 0 Å². The van der Waals surface area contributed by atoms with Crippen LogP contribution in [0.25, 0.3) is 16.6 Å². The molecule has 0 amide bonds. The van der Waals surface area contributed by atoms with Crippen LogP contribution in [0.2, 0.25) is 5.02 Å². The normalized spacial score (nSPS) is 10.8. The number of aromatic nitrogens is 3. The molecule has 0 aliphatic rings. The Morgan fingerprint density at radius 3 is 2.81 bits per heavy atom. The molecule has 0 spiro atoms. The number of hydrogen-bond acceptors (Lipinski definition) is 2. The SMILES string of the molecule is Clc1cccc2cnn(-c3cccnc3)c12. The summed E-state index contributed by atoms with van der Waals surface area (Å²) < 4.78 is 1.80. The van der Waals surface area contributed by atoms with Gasteiger partial charge in [-0.3, -0.25) is 4.98 Å². The van der Waals surface area contributed by atoms with Crippen LogP contribution >= 0.6 is 11.6 Å². The van der Waals surface area contributed by atoms with Crippen molar-refractivity contribution in [3.63, 3.8) is 0 Å². The lowest BCUT2D eigenvalue weighted by molar-refractivity contribution is 0.903. The van der Waals surface area contributed by atoms with Gasteiger partial charge < -0.3 is 0 Å². The molecule has 3 aromatic rings. The zero-order valence-electron chi connectivity index (χ0n) is 8.34. The van der Waals surface area contributed by atoms with Crippen molar-refractivity contribution in [1.82, 2.24) is 14.8 Å². The number of pyridine rings is 1. The highest BCUT2D eigenvalue weighted by Gasteiger charge is 2.07. The fourth-order valence-corrected chi connectivity index (χ4v) is 1.97. The van der Waals surface area contributed by atoms with Crippen molar-refractivity contribution in [2.75, 3.05) is 0 Å². The molecule has 2 aromatic heterocycles. The van der Waals surface area contributed by atoms with Crippen molar-refractivity contribution in [3.8, 4) is 5.69 Å². The molecule has 16 heavy (non-hydrogen) atoms. The van der Waals surface area contributed by atoms with Crippen LogP contribution < -0.4 is 0 Å². The van der Waals surface area contributed by atoms with Crippen molar-refractivity contribution < 1.29 is 0 Å². The Morgan fingerprint density at radius 1 is 1.06 bits per heavy atom. The van der Waals surface area contributed by atoms with E-state index in [2.05, 4.69) is 10.1 Å². The van der Waals surface area contributed by atoms with E-state index in [9.17, 15) is 0 Å². The van der Waals surface area contributed by atoms with Gasteiger partial charge in [0.25, 0.3) is 0 Å². The average Bonchev–Trinajstić information content (AvgIpc) is 2.75. The van der Waals surface area contributed by atoms with Gasteiger partial charge >= 0.3 is 0 Å². The Bertz CT molecular complexity index is 631. The standard InChI is InChI=1S/C12H8ClN3/c13-11-5-1-3-9-7-15-16(12(9)11)10-4-2-6-14-8-10/h1-8H. The van der Waals surface area contributed by atoms with E-state index in [1.54, 1.807) is 23.3 Å². The first-order valence-electron chi connectivity index (χ1n) is 4.89. The molecule has 1 aromatic carbocycles. The maximum atomic E-state index is 6.17. The minimum absolute atomic E-state index is 0.693. The second-order valence-corrected chi connectivity index (χ2v) is 3.85. The van der Waals surface area contributed by atoms with Crippen LogP contribution in [-0.2, 0) is 0 Å². The number of para-hydroxylation sites is 1. The Kier molecular flexibility index (Phi) is 2.11. The summed E-state index contributed by atoms with van der Waals surface area (Å²) in [6.07, 6.45) is 5.29. The molecule has 0 N–H and O–H groups in total. The Balaban J connectivity index is 2.33. The molecule has 0 atom stereocenters. The van der Waals surface area contributed by atoms with Crippen molar-refractivity contribution in [2.45, 2.75) is 0 Å². The Hall–Kier alpha value is -1.87. The van der Waals surface area contributed by atoms with Crippen LogP contribution in [0.4, 0.5) is 0 Å². The highest BCUT2D eigenvalue weighted by molar-refractivity contribution is 6.35. The van der Waals surface area contributed by atoms with Crippen LogP contribution in [0, 0.1) is 0 Å². The smallest absolute Gasteiger partial charge is 0.0927 e. The summed E-state index contributed by atoms with van der Waals surface area (Å²) in [5, 5.41) is 6.04. The Labute approximate surface area is 97.3 Å². The molecule has 0 unspecified atom stereocenters. The molecule has 0 aliphatic heterocycles. The van der Waals surface area contributed by atoms with E-state index in [4.69, 9.17) is 11.6 Å². The minimum Gasteiger partial charge on any atom is -0.262 e. The first-order valence-corrected chi connectivity index (χ1v) is 5.27. The van der Waals surface area contributed by atoms with Crippen molar-refractivity contribution in [3.05, 3.63) is 53.9 Å². The third-order valence-corrected chi connectivity index (χ3v) is 2.74. The molecule has 3 rings (SSSR count). The maximum Gasteiger partial charge on any atom is 0.0927 e. The molecule has 0 saturated heterocycles. The molecule has 2 heterocycles. The van der Waals surface area contributed by atoms with E-state index in [-0.39, 0.29) is 0 Å². The van der Waals surface area contributed by atoms with E-state index >= 15 is 0 Å². The lowest BCUT2D eigenvalue weighted by Gasteiger charge is -2.03. The summed E-state index contributed by atoms with van der Waals surface area (Å²) in [5.74, 6) is 0. The predicted molar refractivity (Wildman–Crippen MR) is 63.9 cm³/mol. The Morgan fingerprint density at radius 2 is 2.00 bits per heavy atom. The van der Waals surface area contributed by atoms with Crippen molar-refractivity contribution >= 4 is 22.5 Å². The van der Waals surface area contributed by atoms with Gasteiger partial charge in [0.05, 0.1) is 28.6 Å². The van der Waals surface area contributed by atoms with E-state index in [0.717, 1.165) is 16.6 Å². The number of halogens is 1. The average molecular weight is 230 g/mol. The monoisotopic (exact) mass is 229 g/mol. The van der Waals surface area contributed by atoms with Crippen LogP contribution in [0.15, 0.2) is 48.9 Å². The second kappa shape index (κ2) is 3.61. The van der Waals surface area contributed by atoms with Gasteiger partial charge in [-0.25, -0.2) is 4.68 Å². The molecule has 3 nitrogen and oxygen atoms in total. The zero-order chi connectivity index (χ0) is 11.0. The molecule has 0 fully saturated rings. The fraction of sp³-hybridized carbons (Fsp3) is 0. The predicted octanol–water partition coefficient (Wildman–Crippen LogP) is 3.07. The number of rotatable bonds is 1. The first kappa shape index (κ1) is 9.36. The summed E-state index contributed by atoms with van der Waals surface area (Å²) in [6, 6.07) is 9.59. The maximum absolute atomic E-state index is 6.17. The number of nitrogens with zero attached hydrogens (tertiary/aromatic N) is 3. The lowest BCUT2D eigenvalue weighted by atomic mass is 10.2. The van der Waals surface area contributed by atoms with Gasteiger partial charge in [0.2, 0.25) is 0 Å². The van der Waals surface area contributed by atoms with Crippen LogP contribution in [0.3, 0.4) is 0 Å². The molecule has 78 valence electrons. The van der Waals surface area contributed by atoms with Crippen LogP contribution in [0.1, 0.15) is 0 Å². The first-order chi connectivity index (χ1) is 7.86. The van der Waals surface area contributed by atoms with Crippen molar-refractivity contribution in [1.29, 1.82) is 0 Å². The highest BCUT2D eigenvalue weighted by Crippen LogP contribution is 2.25. The number of benzene rings is 1. The summed E-state index contributed by atoms with van der Waals surface area (Å²) in [5.41, 5.74) is 1.82. The van der Waals surface area contributed by atoms with Gasteiger partial charge in [-0.2, -0.15) is 5.10 Å².